The fraction of sp³-hybridized carbons (Fsp3) is 0.321. The Hall–Kier alpha value is -3.65. The van der Waals surface area contributed by atoms with Gasteiger partial charge >= 0.3 is 0 Å². The van der Waals surface area contributed by atoms with Crippen LogP contribution in [0.1, 0.15) is 57.2 Å². The van der Waals surface area contributed by atoms with Crippen molar-refractivity contribution in [2.24, 2.45) is 0 Å². The number of fused-ring (bicyclic) bond motifs is 1. The van der Waals surface area contributed by atoms with Crippen LogP contribution in [0.25, 0.3) is 11.1 Å². The maximum atomic E-state index is 13.3. The van der Waals surface area contributed by atoms with Gasteiger partial charge in [0, 0.05) is 17.8 Å². The molecule has 0 bridgehead atoms. The number of carbonyl (C=O) groups is 2. The zero-order valence-corrected chi connectivity index (χ0v) is 19.7. The molecule has 2 aliphatic heterocycles. The first-order valence-electron chi connectivity index (χ1n) is 11.4. The van der Waals surface area contributed by atoms with Crippen LogP contribution in [-0.4, -0.2) is 28.8 Å². The molecule has 2 aromatic rings. The smallest absolute Gasteiger partial charge is 0.272 e. The minimum Gasteiger partial charge on any atom is -0.362 e. The Bertz CT molecular complexity index is 1220. The number of unbranched alkanes of at least 4 members (excludes halogenated alkanes) is 1. The molecule has 4 rings (SSSR count). The second-order valence-electron chi connectivity index (χ2n) is 9.26. The van der Waals surface area contributed by atoms with Crippen molar-refractivity contribution >= 4 is 28.6 Å². The molecular formula is C28H29N3O2. The van der Waals surface area contributed by atoms with Gasteiger partial charge in [0.1, 0.15) is 11.6 Å². The van der Waals surface area contributed by atoms with Gasteiger partial charge in [0.25, 0.3) is 11.8 Å². The molecule has 0 saturated heterocycles. The molecule has 0 spiro atoms. The first kappa shape index (κ1) is 22.5. The number of hydrogen-bond donors (Lipinski definition) is 0. The number of amides is 2. The highest BCUT2D eigenvalue weighted by Crippen LogP contribution is 2.41. The number of allylic oxidation sites excluding steroid dienone is 1. The zero-order chi connectivity index (χ0) is 23.8. The average molecular weight is 440 g/mol. The molecule has 0 aliphatic carbocycles. The summed E-state index contributed by atoms with van der Waals surface area (Å²) in [5.41, 5.74) is 4.73. The van der Waals surface area contributed by atoms with Crippen molar-refractivity contribution in [3.8, 4) is 6.07 Å². The number of benzene rings is 2. The summed E-state index contributed by atoms with van der Waals surface area (Å²) in [5.74, 6) is -0.946. The summed E-state index contributed by atoms with van der Waals surface area (Å²) in [6, 6.07) is 17.2. The van der Waals surface area contributed by atoms with Gasteiger partial charge in [-0.05, 0) is 56.0 Å². The van der Waals surface area contributed by atoms with Gasteiger partial charge in [0.05, 0.1) is 17.7 Å². The maximum Gasteiger partial charge on any atom is 0.272 e. The van der Waals surface area contributed by atoms with Gasteiger partial charge in [-0.2, -0.15) is 5.26 Å². The van der Waals surface area contributed by atoms with E-state index in [1.165, 1.54) is 4.90 Å². The third-order valence-corrected chi connectivity index (χ3v) is 6.46. The lowest BCUT2D eigenvalue weighted by molar-refractivity contribution is -0.137. The fourth-order valence-electron chi connectivity index (χ4n) is 4.82. The minimum atomic E-state index is -0.531. The standard InChI is InChI=1S/C28H29N3O2/c1-5-6-14-31-24-13-12-21(15-22(24)19(2)16-28(31,3)4)25-23(17-29)26(32)30(27(25)33)18-20-10-8-7-9-11-20/h7-13,15-16H,5-6,14,18H2,1-4H3. The van der Waals surface area contributed by atoms with E-state index >= 15 is 0 Å². The van der Waals surface area contributed by atoms with E-state index in [0.717, 1.165) is 41.8 Å². The largest absolute Gasteiger partial charge is 0.362 e. The number of nitriles is 1. The molecule has 2 amide bonds. The number of rotatable bonds is 6. The molecular weight excluding hydrogens is 410 g/mol. The zero-order valence-electron chi connectivity index (χ0n) is 19.7. The van der Waals surface area contributed by atoms with Crippen LogP contribution in [0.4, 0.5) is 5.69 Å². The molecule has 0 N–H and O–H groups in total. The predicted molar refractivity (Wildman–Crippen MR) is 131 cm³/mol. The normalized spacial score (nSPS) is 17.2. The molecule has 33 heavy (non-hydrogen) atoms. The van der Waals surface area contributed by atoms with E-state index in [-0.39, 0.29) is 23.2 Å². The van der Waals surface area contributed by atoms with Crippen molar-refractivity contribution in [1.29, 1.82) is 5.26 Å². The van der Waals surface area contributed by atoms with Crippen molar-refractivity contribution in [2.75, 3.05) is 11.4 Å². The molecule has 0 radical (unpaired) electrons. The van der Waals surface area contributed by atoms with E-state index in [2.05, 4.69) is 38.7 Å². The summed E-state index contributed by atoms with van der Waals surface area (Å²) in [5, 5.41) is 9.74. The Labute approximate surface area is 195 Å². The van der Waals surface area contributed by atoms with E-state index in [9.17, 15) is 14.9 Å². The van der Waals surface area contributed by atoms with Crippen LogP contribution < -0.4 is 4.90 Å². The molecule has 5 nitrogen and oxygen atoms in total. The number of nitrogens with zero attached hydrogens (tertiary/aromatic N) is 3. The summed E-state index contributed by atoms with van der Waals surface area (Å²) in [6.07, 6.45) is 4.44. The van der Waals surface area contributed by atoms with Crippen LogP contribution in [-0.2, 0) is 16.1 Å². The van der Waals surface area contributed by atoms with E-state index in [0.29, 0.717) is 5.56 Å². The van der Waals surface area contributed by atoms with E-state index in [1.54, 1.807) is 0 Å². The summed E-state index contributed by atoms with van der Waals surface area (Å²) in [4.78, 5) is 29.8. The number of hydrogen-bond acceptors (Lipinski definition) is 4. The Morgan fingerprint density at radius 3 is 2.42 bits per heavy atom. The van der Waals surface area contributed by atoms with Crippen LogP contribution in [0.15, 0.2) is 60.2 Å². The first-order valence-corrected chi connectivity index (χ1v) is 11.4. The highest BCUT2D eigenvalue weighted by Gasteiger charge is 2.40. The first-order chi connectivity index (χ1) is 15.8. The van der Waals surface area contributed by atoms with Crippen LogP contribution in [0.2, 0.25) is 0 Å². The molecule has 5 heteroatoms. The summed E-state index contributed by atoms with van der Waals surface area (Å²) in [7, 11) is 0. The lowest BCUT2D eigenvalue weighted by atomic mass is 9.86. The summed E-state index contributed by atoms with van der Waals surface area (Å²) in [6.45, 7) is 9.76. The van der Waals surface area contributed by atoms with Crippen LogP contribution in [0.3, 0.4) is 0 Å². The predicted octanol–water partition coefficient (Wildman–Crippen LogP) is 5.33. The van der Waals surface area contributed by atoms with E-state index < -0.39 is 11.8 Å². The highest BCUT2D eigenvalue weighted by molar-refractivity contribution is 6.37. The molecule has 0 aromatic heterocycles. The maximum absolute atomic E-state index is 13.3. The van der Waals surface area contributed by atoms with Gasteiger partial charge in [0.2, 0.25) is 0 Å². The lowest BCUT2D eigenvalue weighted by Gasteiger charge is -2.43. The Kier molecular flexibility index (Phi) is 5.95. The van der Waals surface area contributed by atoms with Gasteiger partial charge in [-0.25, -0.2) is 0 Å². The van der Waals surface area contributed by atoms with Crippen molar-refractivity contribution < 1.29 is 9.59 Å². The average Bonchev–Trinajstić information content (AvgIpc) is 3.03. The van der Waals surface area contributed by atoms with Crippen molar-refractivity contribution in [2.45, 2.75) is 52.6 Å². The second-order valence-corrected chi connectivity index (χ2v) is 9.26. The van der Waals surface area contributed by atoms with Crippen LogP contribution >= 0.6 is 0 Å². The monoisotopic (exact) mass is 439 g/mol. The third-order valence-electron chi connectivity index (χ3n) is 6.46. The fourth-order valence-corrected chi connectivity index (χ4v) is 4.82. The third kappa shape index (κ3) is 3.98. The molecule has 168 valence electrons. The van der Waals surface area contributed by atoms with Crippen molar-refractivity contribution in [3.63, 3.8) is 0 Å². The van der Waals surface area contributed by atoms with Gasteiger partial charge in [-0.3, -0.25) is 14.5 Å². The van der Waals surface area contributed by atoms with Gasteiger partial charge in [-0.15, -0.1) is 0 Å². The lowest BCUT2D eigenvalue weighted by Crippen LogP contribution is -2.45. The number of imide groups is 1. The molecule has 2 aromatic carbocycles. The molecule has 0 atom stereocenters. The van der Waals surface area contributed by atoms with Crippen molar-refractivity contribution in [3.05, 3.63) is 76.9 Å². The van der Waals surface area contributed by atoms with Crippen LogP contribution in [0, 0.1) is 11.3 Å². The van der Waals surface area contributed by atoms with Gasteiger partial charge in [0.15, 0.2) is 0 Å². The van der Waals surface area contributed by atoms with Gasteiger partial charge in [-0.1, -0.05) is 55.8 Å². The quantitative estimate of drug-likeness (QED) is 0.570. The van der Waals surface area contributed by atoms with E-state index in [1.807, 2.05) is 54.6 Å². The Morgan fingerprint density at radius 1 is 1.03 bits per heavy atom. The molecule has 0 saturated carbocycles. The topological polar surface area (TPSA) is 64.4 Å². The Morgan fingerprint density at radius 2 is 1.76 bits per heavy atom. The van der Waals surface area contributed by atoms with Crippen LogP contribution in [0.5, 0.6) is 0 Å². The summed E-state index contributed by atoms with van der Waals surface area (Å²) >= 11 is 0. The van der Waals surface area contributed by atoms with Gasteiger partial charge < -0.3 is 4.90 Å². The highest BCUT2D eigenvalue weighted by atomic mass is 16.2. The molecule has 0 fully saturated rings. The minimum absolute atomic E-state index is 0.0866. The summed E-state index contributed by atoms with van der Waals surface area (Å²) < 4.78 is 0. The SMILES string of the molecule is CCCCN1c2ccc(C3=C(C#N)C(=O)N(Cc4ccccc4)C3=O)cc2C(C)=CC1(C)C. The number of anilines is 1. The van der Waals surface area contributed by atoms with Crippen molar-refractivity contribution in [1.82, 2.24) is 4.90 Å². The molecule has 2 heterocycles. The number of carbonyl (C=O) groups excluding carboxylic acids is 2. The second kappa shape index (κ2) is 8.71. The molecule has 2 aliphatic rings. The van der Waals surface area contributed by atoms with E-state index in [4.69, 9.17) is 0 Å². The molecule has 0 unspecified atom stereocenters. The Balaban J connectivity index is 1.74.